The Balaban J connectivity index is 1.45. The highest BCUT2D eigenvalue weighted by molar-refractivity contribution is 5.76. The second-order valence-corrected chi connectivity index (χ2v) is 6.71. The van der Waals surface area contributed by atoms with Crippen molar-refractivity contribution in [2.75, 3.05) is 6.54 Å². The van der Waals surface area contributed by atoms with E-state index < -0.39 is 0 Å². The van der Waals surface area contributed by atoms with Gasteiger partial charge in [0.1, 0.15) is 5.82 Å². The number of carbonyl (C=O) groups excluding carboxylic acids is 1. The van der Waals surface area contributed by atoms with Crippen LogP contribution in [0, 0.1) is 6.92 Å². The van der Waals surface area contributed by atoms with Gasteiger partial charge in [0.05, 0.1) is 0 Å². The highest BCUT2D eigenvalue weighted by Gasteiger charge is 2.21. The normalized spacial score (nSPS) is 14.9. The Morgan fingerprint density at radius 2 is 1.96 bits per heavy atom. The van der Waals surface area contributed by atoms with Crippen molar-refractivity contribution in [2.24, 2.45) is 0 Å². The van der Waals surface area contributed by atoms with E-state index in [4.69, 9.17) is 0 Å². The lowest BCUT2D eigenvalue weighted by Crippen LogP contribution is -2.27. The van der Waals surface area contributed by atoms with Gasteiger partial charge in [-0.2, -0.15) is 0 Å². The van der Waals surface area contributed by atoms with Gasteiger partial charge in [0.2, 0.25) is 5.91 Å². The van der Waals surface area contributed by atoms with Crippen molar-refractivity contribution in [2.45, 2.75) is 57.9 Å². The summed E-state index contributed by atoms with van der Waals surface area (Å²) in [6.07, 6.45) is 9.26. The maximum Gasteiger partial charge on any atom is 0.220 e. The zero-order valence-corrected chi connectivity index (χ0v) is 14.5. The first-order chi connectivity index (χ1) is 11.7. The molecule has 1 fully saturated rings. The third-order valence-electron chi connectivity index (χ3n) is 4.90. The molecule has 1 aliphatic rings. The molecule has 1 saturated carbocycles. The molecule has 128 valence electrons. The molecule has 0 radical (unpaired) electrons. The number of hydrogen-bond acceptors (Lipinski definition) is 2. The summed E-state index contributed by atoms with van der Waals surface area (Å²) in [4.78, 5) is 16.6. The van der Waals surface area contributed by atoms with Crippen LogP contribution in [0.25, 0.3) is 0 Å². The maximum atomic E-state index is 12.0. The van der Waals surface area contributed by atoms with E-state index in [0.717, 1.165) is 18.7 Å². The summed E-state index contributed by atoms with van der Waals surface area (Å²) in [5, 5.41) is 3.04. The van der Waals surface area contributed by atoms with E-state index in [1.165, 1.54) is 36.9 Å². The molecule has 1 amide bonds. The van der Waals surface area contributed by atoms with Crippen molar-refractivity contribution in [3.8, 4) is 0 Å². The number of amides is 1. The quantitative estimate of drug-likeness (QED) is 0.845. The van der Waals surface area contributed by atoms with E-state index in [0.29, 0.717) is 19.0 Å². The summed E-state index contributed by atoms with van der Waals surface area (Å²) >= 11 is 0. The van der Waals surface area contributed by atoms with Gasteiger partial charge in [-0.15, -0.1) is 0 Å². The summed E-state index contributed by atoms with van der Waals surface area (Å²) < 4.78 is 2.39. The number of hydrogen-bond donors (Lipinski definition) is 1. The van der Waals surface area contributed by atoms with Crippen LogP contribution in [0.5, 0.6) is 0 Å². The Labute approximate surface area is 144 Å². The number of nitrogens with zero attached hydrogens (tertiary/aromatic N) is 2. The molecular formula is C20H27N3O. The van der Waals surface area contributed by atoms with E-state index in [2.05, 4.69) is 33.9 Å². The summed E-state index contributed by atoms with van der Waals surface area (Å²) in [5.74, 6) is 1.23. The lowest BCUT2D eigenvalue weighted by Gasteiger charge is -2.17. The van der Waals surface area contributed by atoms with Gasteiger partial charge in [0.15, 0.2) is 0 Å². The fourth-order valence-corrected chi connectivity index (χ4v) is 3.65. The fourth-order valence-electron chi connectivity index (χ4n) is 3.65. The molecular weight excluding hydrogens is 298 g/mol. The van der Waals surface area contributed by atoms with Crippen LogP contribution in [0.2, 0.25) is 0 Å². The SMILES string of the molecule is Cc1cnc(CCNC(=O)CCc2ccccc2)n1C1CCCC1. The van der Waals surface area contributed by atoms with Crippen LogP contribution in [0.3, 0.4) is 0 Å². The molecule has 1 heterocycles. The number of aromatic nitrogens is 2. The molecule has 3 rings (SSSR count). The van der Waals surface area contributed by atoms with Crippen LogP contribution in [0.15, 0.2) is 36.5 Å². The summed E-state index contributed by atoms with van der Waals surface area (Å²) in [7, 11) is 0. The minimum atomic E-state index is 0.120. The van der Waals surface area contributed by atoms with Crippen molar-refractivity contribution in [1.82, 2.24) is 14.9 Å². The number of nitrogens with one attached hydrogen (secondary N) is 1. The Kier molecular flexibility index (Phi) is 5.68. The van der Waals surface area contributed by atoms with Gasteiger partial charge >= 0.3 is 0 Å². The third kappa shape index (κ3) is 4.25. The summed E-state index contributed by atoms with van der Waals surface area (Å²) in [6, 6.07) is 10.8. The van der Waals surface area contributed by atoms with Crippen LogP contribution < -0.4 is 5.32 Å². The van der Waals surface area contributed by atoms with Crippen molar-refractivity contribution >= 4 is 5.91 Å². The van der Waals surface area contributed by atoms with Gasteiger partial charge in [-0.05, 0) is 31.7 Å². The van der Waals surface area contributed by atoms with E-state index in [-0.39, 0.29) is 5.91 Å². The number of imidazole rings is 1. The average molecular weight is 325 g/mol. The predicted octanol–water partition coefficient (Wildman–Crippen LogP) is 3.60. The number of aryl methyl sites for hydroxylation is 2. The van der Waals surface area contributed by atoms with Crippen LogP contribution in [-0.4, -0.2) is 22.0 Å². The van der Waals surface area contributed by atoms with E-state index >= 15 is 0 Å². The first-order valence-electron chi connectivity index (χ1n) is 9.07. The van der Waals surface area contributed by atoms with E-state index in [1.54, 1.807) is 0 Å². The Hall–Kier alpha value is -2.10. The Bertz CT molecular complexity index is 657. The van der Waals surface area contributed by atoms with Gasteiger partial charge in [-0.25, -0.2) is 4.98 Å². The van der Waals surface area contributed by atoms with Crippen LogP contribution >= 0.6 is 0 Å². The third-order valence-corrected chi connectivity index (χ3v) is 4.90. The predicted molar refractivity (Wildman–Crippen MR) is 95.9 cm³/mol. The number of benzene rings is 1. The first kappa shape index (κ1) is 16.7. The van der Waals surface area contributed by atoms with Crippen molar-refractivity contribution in [3.05, 3.63) is 53.6 Å². The van der Waals surface area contributed by atoms with Crippen molar-refractivity contribution in [3.63, 3.8) is 0 Å². The van der Waals surface area contributed by atoms with E-state index in [9.17, 15) is 4.79 Å². The molecule has 0 aliphatic heterocycles. The minimum Gasteiger partial charge on any atom is -0.356 e. The molecule has 1 aromatic carbocycles. The molecule has 4 heteroatoms. The Morgan fingerprint density at radius 3 is 2.71 bits per heavy atom. The fraction of sp³-hybridized carbons (Fsp3) is 0.500. The molecule has 1 aliphatic carbocycles. The highest BCUT2D eigenvalue weighted by Crippen LogP contribution is 2.31. The van der Waals surface area contributed by atoms with Crippen molar-refractivity contribution < 1.29 is 4.79 Å². The second kappa shape index (κ2) is 8.13. The Morgan fingerprint density at radius 1 is 1.21 bits per heavy atom. The summed E-state index contributed by atoms with van der Waals surface area (Å²) in [5.41, 5.74) is 2.45. The maximum absolute atomic E-state index is 12.0. The molecule has 1 aromatic heterocycles. The van der Waals surface area contributed by atoms with Crippen LogP contribution in [0.4, 0.5) is 0 Å². The number of carbonyl (C=O) groups is 1. The topological polar surface area (TPSA) is 46.9 Å². The van der Waals surface area contributed by atoms with Crippen molar-refractivity contribution in [1.29, 1.82) is 0 Å². The van der Waals surface area contributed by atoms with E-state index in [1.807, 2.05) is 24.4 Å². The molecule has 4 nitrogen and oxygen atoms in total. The molecule has 0 atom stereocenters. The molecule has 2 aromatic rings. The van der Waals surface area contributed by atoms with Gasteiger partial charge < -0.3 is 9.88 Å². The van der Waals surface area contributed by atoms with Gasteiger partial charge in [0.25, 0.3) is 0 Å². The average Bonchev–Trinajstić information content (AvgIpc) is 3.23. The zero-order chi connectivity index (χ0) is 16.8. The molecule has 0 spiro atoms. The zero-order valence-electron chi connectivity index (χ0n) is 14.5. The summed E-state index contributed by atoms with van der Waals surface area (Å²) in [6.45, 7) is 2.80. The smallest absolute Gasteiger partial charge is 0.220 e. The molecule has 0 saturated heterocycles. The standard InChI is InChI=1S/C20H27N3O/c1-16-15-22-19(23(16)18-9-5-6-10-18)13-14-21-20(24)12-11-17-7-3-2-4-8-17/h2-4,7-8,15,18H,5-6,9-14H2,1H3,(H,21,24). The lowest BCUT2D eigenvalue weighted by molar-refractivity contribution is -0.121. The second-order valence-electron chi connectivity index (χ2n) is 6.71. The highest BCUT2D eigenvalue weighted by atomic mass is 16.1. The lowest BCUT2D eigenvalue weighted by atomic mass is 10.1. The number of rotatable bonds is 7. The first-order valence-corrected chi connectivity index (χ1v) is 9.07. The van der Waals surface area contributed by atoms with Gasteiger partial charge in [0, 0.05) is 37.3 Å². The monoisotopic (exact) mass is 325 g/mol. The minimum absolute atomic E-state index is 0.120. The van der Waals surface area contributed by atoms with Gasteiger partial charge in [-0.3, -0.25) is 4.79 Å². The van der Waals surface area contributed by atoms with Crippen LogP contribution in [0.1, 0.15) is 55.2 Å². The van der Waals surface area contributed by atoms with Crippen LogP contribution in [-0.2, 0) is 17.6 Å². The molecule has 1 N–H and O–H groups in total. The van der Waals surface area contributed by atoms with Gasteiger partial charge in [-0.1, -0.05) is 43.2 Å². The largest absolute Gasteiger partial charge is 0.356 e. The molecule has 0 bridgehead atoms. The molecule has 24 heavy (non-hydrogen) atoms. The molecule has 0 unspecified atom stereocenters.